The van der Waals surface area contributed by atoms with Crippen molar-refractivity contribution in [2.75, 3.05) is 25.0 Å². The van der Waals surface area contributed by atoms with Gasteiger partial charge in [0.1, 0.15) is 0 Å². The highest BCUT2D eigenvalue weighted by molar-refractivity contribution is 5.93. The van der Waals surface area contributed by atoms with E-state index in [4.69, 9.17) is 0 Å². The van der Waals surface area contributed by atoms with Crippen LogP contribution in [0.1, 0.15) is 24.4 Å². The van der Waals surface area contributed by atoms with E-state index < -0.39 is 0 Å². The van der Waals surface area contributed by atoms with E-state index in [2.05, 4.69) is 83.0 Å². The first-order chi connectivity index (χ1) is 11.9. The van der Waals surface area contributed by atoms with Crippen LogP contribution in [0.25, 0.3) is 10.8 Å². The summed E-state index contributed by atoms with van der Waals surface area (Å²) in [5.74, 6) is 0. The smallest absolute Gasteiger partial charge is 0.0641 e. The lowest BCUT2D eigenvalue weighted by molar-refractivity contribution is 0.323. The van der Waals surface area contributed by atoms with Crippen molar-refractivity contribution in [3.05, 3.63) is 78.4 Å². The molecule has 2 nitrogen and oxygen atoms in total. The maximum atomic E-state index is 3.82. The second-order valence-electron chi connectivity index (χ2n) is 6.64. The highest BCUT2D eigenvalue weighted by Gasteiger charge is 2.19. The van der Waals surface area contributed by atoms with Crippen LogP contribution in [0.15, 0.2) is 72.8 Å². The highest BCUT2D eigenvalue weighted by Crippen LogP contribution is 2.28. The molecule has 1 fully saturated rings. The second-order valence-corrected chi connectivity index (χ2v) is 6.64. The minimum absolute atomic E-state index is 0.315. The maximum absolute atomic E-state index is 3.82. The molecule has 3 aromatic rings. The summed E-state index contributed by atoms with van der Waals surface area (Å²) < 4.78 is 0. The number of likely N-dealkylation sites (tertiary alicyclic amines) is 1. The number of hydrogen-bond acceptors (Lipinski definition) is 2. The van der Waals surface area contributed by atoms with Crippen molar-refractivity contribution < 1.29 is 0 Å². The highest BCUT2D eigenvalue weighted by atomic mass is 15.2. The Morgan fingerprint density at radius 1 is 0.792 bits per heavy atom. The van der Waals surface area contributed by atoms with Gasteiger partial charge < -0.3 is 10.2 Å². The lowest BCUT2D eigenvalue weighted by Gasteiger charge is -2.26. The van der Waals surface area contributed by atoms with Crippen LogP contribution < -0.4 is 5.32 Å². The molecular formula is C22H24N2. The van der Waals surface area contributed by atoms with Gasteiger partial charge in [-0.1, -0.05) is 66.7 Å². The zero-order valence-electron chi connectivity index (χ0n) is 14.0. The molecule has 1 atom stereocenters. The summed E-state index contributed by atoms with van der Waals surface area (Å²) in [7, 11) is 0. The summed E-state index contributed by atoms with van der Waals surface area (Å²) in [6.07, 6.45) is 2.66. The van der Waals surface area contributed by atoms with E-state index in [9.17, 15) is 0 Å². The number of fused-ring (bicyclic) bond motifs is 1. The van der Waals surface area contributed by atoms with Gasteiger partial charge in [0.05, 0.1) is 6.04 Å². The Bertz CT molecular complexity index is 786. The van der Waals surface area contributed by atoms with Gasteiger partial charge in [0.15, 0.2) is 0 Å². The summed E-state index contributed by atoms with van der Waals surface area (Å²) >= 11 is 0. The van der Waals surface area contributed by atoms with Crippen LogP contribution in [0, 0.1) is 0 Å². The zero-order chi connectivity index (χ0) is 16.2. The molecule has 0 unspecified atom stereocenters. The molecule has 0 radical (unpaired) electrons. The van der Waals surface area contributed by atoms with Gasteiger partial charge in [-0.15, -0.1) is 0 Å². The van der Waals surface area contributed by atoms with Crippen LogP contribution in [-0.4, -0.2) is 24.5 Å². The van der Waals surface area contributed by atoms with Crippen LogP contribution in [0.2, 0.25) is 0 Å². The van der Waals surface area contributed by atoms with E-state index in [1.807, 2.05) is 0 Å². The van der Waals surface area contributed by atoms with Gasteiger partial charge >= 0.3 is 0 Å². The van der Waals surface area contributed by atoms with E-state index in [1.54, 1.807) is 0 Å². The number of anilines is 1. The third-order valence-electron chi connectivity index (χ3n) is 4.96. The van der Waals surface area contributed by atoms with Crippen molar-refractivity contribution in [3.8, 4) is 0 Å². The topological polar surface area (TPSA) is 15.3 Å². The van der Waals surface area contributed by atoms with Crippen molar-refractivity contribution in [1.29, 1.82) is 0 Å². The predicted molar refractivity (Wildman–Crippen MR) is 102 cm³/mol. The molecule has 122 valence electrons. The summed E-state index contributed by atoms with van der Waals surface area (Å²) in [6, 6.07) is 26.3. The van der Waals surface area contributed by atoms with Crippen LogP contribution in [0.3, 0.4) is 0 Å². The molecule has 1 aliphatic rings. The Labute approximate surface area is 144 Å². The van der Waals surface area contributed by atoms with Gasteiger partial charge in [-0.3, -0.25) is 0 Å². The van der Waals surface area contributed by atoms with Gasteiger partial charge in [0.2, 0.25) is 0 Å². The molecule has 1 heterocycles. The number of hydrogen-bond donors (Lipinski definition) is 1. The molecule has 0 aliphatic carbocycles. The molecular weight excluding hydrogens is 292 g/mol. The molecule has 3 aromatic carbocycles. The largest absolute Gasteiger partial charge is 0.376 e. The van der Waals surface area contributed by atoms with Gasteiger partial charge in [-0.25, -0.2) is 0 Å². The van der Waals surface area contributed by atoms with Crippen LogP contribution in [-0.2, 0) is 0 Å². The van der Waals surface area contributed by atoms with Crippen molar-refractivity contribution in [2.45, 2.75) is 18.9 Å². The SMILES string of the molecule is c1ccc([C@@H](CN2CCCC2)Nc2cccc3ccccc23)cc1. The van der Waals surface area contributed by atoms with Crippen molar-refractivity contribution in [1.82, 2.24) is 4.90 Å². The molecule has 4 rings (SSSR count). The molecule has 0 amide bonds. The maximum Gasteiger partial charge on any atom is 0.0641 e. The van der Waals surface area contributed by atoms with E-state index in [0.29, 0.717) is 6.04 Å². The molecule has 24 heavy (non-hydrogen) atoms. The average Bonchev–Trinajstić information content (AvgIpc) is 3.15. The number of nitrogens with zero attached hydrogens (tertiary/aromatic N) is 1. The van der Waals surface area contributed by atoms with Crippen molar-refractivity contribution >= 4 is 16.5 Å². The lowest BCUT2D eigenvalue weighted by atomic mass is 10.0. The standard InChI is InChI=1S/C22H24N2/c1-2-10-19(11-3-1)22(17-24-15-6-7-16-24)23-21-14-8-12-18-9-4-5-13-20(18)21/h1-5,8-14,22-23H,6-7,15-17H2/t22-/m1/s1. The fourth-order valence-electron chi connectivity index (χ4n) is 3.68. The quantitative estimate of drug-likeness (QED) is 0.705. The number of rotatable bonds is 5. The predicted octanol–water partition coefficient (Wildman–Crippen LogP) is 5.09. The van der Waals surface area contributed by atoms with Gasteiger partial charge in [0.25, 0.3) is 0 Å². The first kappa shape index (κ1) is 15.2. The van der Waals surface area contributed by atoms with Gasteiger partial charge in [-0.2, -0.15) is 0 Å². The molecule has 1 aliphatic heterocycles. The molecule has 0 spiro atoms. The van der Waals surface area contributed by atoms with Crippen molar-refractivity contribution in [2.24, 2.45) is 0 Å². The minimum atomic E-state index is 0.315. The average molecular weight is 316 g/mol. The first-order valence-electron chi connectivity index (χ1n) is 8.92. The van der Waals surface area contributed by atoms with Crippen LogP contribution in [0.4, 0.5) is 5.69 Å². The monoisotopic (exact) mass is 316 g/mol. The molecule has 0 bridgehead atoms. The summed E-state index contributed by atoms with van der Waals surface area (Å²) in [5, 5.41) is 6.40. The summed E-state index contributed by atoms with van der Waals surface area (Å²) in [4.78, 5) is 2.58. The first-order valence-corrected chi connectivity index (χ1v) is 8.92. The Morgan fingerprint density at radius 3 is 2.33 bits per heavy atom. The van der Waals surface area contributed by atoms with Crippen molar-refractivity contribution in [3.63, 3.8) is 0 Å². The number of nitrogens with one attached hydrogen (secondary N) is 1. The van der Waals surface area contributed by atoms with Gasteiger partial charge in [-0.05, 0) is 42.9 Å². The third kappa shape index (κ3) is 3.29. The summed E-state index contributed by atoms with van der Waals surface area (Å²) in [5.41, 5.74) is 2.58. The van der Waals surface area contributed by atoms with E-state index >= 15 is 0 Å². The van der Waals surface area contributed by atoms with E-state index in [-0.39, 0.29) is 0 Å². The fraction of sp³-hybridized carbons (Fsp3) is 0.273. The third-order valence-corrected chi connectivity index (χ3v) is 4.96. The van der Waals surface area contributed by atoms with Gasteiger partial charge in [0, 0.05) is 17.6 Å². The lowest BCUT2D eigenvalue weighted by Crippen LogP contribution is -2.29. The molecule has 0 saturated carbocycles. The normalized spacial score (nSPS) is 16.3. The summed E-state index contributed by atoms with van der Waals surface area (Å²) in [6.45, 7) is 3.51. The minimum Gasteiger partial charge on any atom is -0.376 e. The molecule has 1 saturated heterocycles. The van der Waals surface area contributed by atoms with Crippen LogP contribution >= 0.6 is 0 Å². The molecule has 1 N–H and O–H groups in total. The van der Waals surface area contributed by atoms with E-state index in [1.165, 1.54) is 48.0 Å². The molecule has 0 aromatic heterocycles. The Hall–Kier alpha value is -2.32. The Kier molecular flexibility index (Phi) is 4.48. The molecule has 2 heteroatoms. The Balaban J connectivity index is 1.65. The number of benzene rings is 3. The second kappa shape index (κ2) is 7.06. The fourth-order valence-corrected chi connectivity index (χ4v) is 3.68. The Morgan fingerprint density at radius 2 is 1.50 bits per heavy atom. The van der Waals surface area contributed by atoms with E-state index in [0.717, 1.165) is 6.54 Å². The zero-order valence-corrected chi connectivity index (χ0v) is 14.0. The van der Waals surface area contributed by atoms with Crippen LogP contribution in [0.5, 0.6) is 0 Å².